The monoisotopic (exact) mass is 449 g/mol. The third-order valence-corrected chi connectivity index (χ3v) is 5.98. The van der Waals surface area contributed by atoms with Crippen molar-refractivity contribution in [2.45, 2.75) is 49.2 Å². The molecule has 0 atom stereocenters. The fourth-order valence-corrected chi connectivity index (χ4v) is 4.35. The lowest BCUT2D eigenvalue weighted by Gasteiger charge is -2.32. The van der Waals surface area contributed by atoms with Gasteiger partial charge in [-0.2, -0.15) is 34.8 Å². The molecule has 0 unspecified atom stereocenters. The smallest absolute Gasteiger partial charge is 0.376 e. The molecule has 5 nitrogen and oxygen atoms in total. The van der Waals surface area contributed by atoms with Crippen LogP contribution in [0, 0.1) is 5.82 Å². The van der Waals surface area contributed by atoms with E-state index in [9.17, 15) is 43.9 Å². The van der Waals surface area contributed by atoms with Crippen molar-refractivity contribution in [1.29, 1.82) is 0 Å². The SMILES string of the molecule is O=C1N(CC(F)(F)F)c2cc(OS(=O)(=O)C(F)(F)F)cc(F)c2C12CCCCC2. The molecule has 29 heavy (non-hydrogen) atoms. The van der Waals surface area contributed by atoms with Crippen LogP contribution in [0.3, 0.4) is 0 Å². The summed E-state index contributed by atoms with van der Waals surface area (Å²) in [5, 5.41) is 0. The molecule has 1 amide bonds. The Morgan fingerprint density at radius 2 is 1.62 bits per heavy atom. The van der Waals surface area contributed by atoms with Gasteiger partial charge in [0.25, 0.3) is 0 Å². The molecule has 0 N–H and O–H groups in total. The lowest BCUT2D eigenvalue weighted by Crippen LogP contribution is -2.45. The van der Waals surface area contributed by atoms with Crippen LogP contribution in [0.1, 0.15) is 37.7 Å². The van der Waals surface area contributed by atoms with E-state index in [4.69, 9.17) is 0 Å². The lowest BCUT2D eigenvalue weighted by molar-refractivity contribution is -0.135. The highest BCUT2D eigenvalue weighted by molar-refractivity contribution is 7.88. The van der Waals surface area contributed by atoms with Crippen molar-refractivity contribution >= 4 is 21.7 Å². The maximum absolute atomic E-state index is 14.8. The third-order valence-electron chi connectivity index (χ3n) is 5.00. The first-order valence-corrected chi connectivity index (χ1v) is 9.82. The standard InChI is InChI=1S/C16H14F7NO4S/c17-10-6-9(28-29(26,27)16(21,22)23)7-11-12(10)14(4-2-1-3-5-14)13(25)24(11)8-15(18,19)20/h6-7H,1-5,8H2. The van der Waals surface area contributed by atoms with Gasteiger partial charge in [0.05, 0.1) is 11.1 Å². The van der Waals surface area contributed by atoms with Gasteiger partial charge in [-0.3, -0.25) is 4.79 Å². The van der Waals surface area contributed by atoms with Crippen LogP contribution in [0.25, 0.3) is 0 Å². The zero-order valence-corrected chi connectivity index (χ0v) is 15.3. The van der Waals surface area contributed by atoms with Crippen molar-refractivity contribution in [2.24, 2.45) is 0 Å². The van der Waals surface area contributed by atoms with Crippen LogP contribution in [-0.2, 0) is 20.3 Å². The number of anilines is 1. The van der Waals surface area contributed by atoms with Crippen LogP contribution >= 0.6 is 0 Å². The van der Waals surface area contributed by atoms with Crippen LogP contribution in [-0.4, -0.2) is 32.6 Å². The van der Waals surface area contributed by atoms with Gasteiger partial charge in [-0.15, -0.1) is 0 Å². The van der Waals surface area contributed by atoms with Crippen LogP contribution in [0.2, 0.25) is 0 Å². The Morgan fingerprint density at radius 3 is 2.14 bits per heavy atom. The maximum atomic E-state index is 14.8. The van der Waals surface area contributed by atoms with Gasteiger partial charge >= 0.3 is 21.8 Å². The average molecular weight is 449 g/mol. The Hall–Kier alpha value is -2.05. The summed E-state index contributed by atoms with van der Waals surface area (Å²) in [6, 6.07) is 0.859. The molecule has 0 radical (unpaired) electrons. The highest BCUT2D eigenvalue weighted by atomic mass is 32.2. The fraction of sp³-hybridized carbons (Fsp3) is 0.562. The second kappa shape index (κ2) is 6.74. The number of fused-ring (bicyclic) bond motifs is 2. The van der Waals surface area contributed by atoms with Gasteiger partial charge in [0.15, 0.2) is 0 Å². The molecule has 2 aliphatic rings. The molecular formula is C16H14F7NO4S. The first-order valence-electron chi connectivity index (χ1n) is 8.41. The van der Waals surface area contributed by atoms with Crippen molar-refractivity contribution in [3.8, 4) is 5.75 Å². The van der Waals surface area contributed by atoms with E-state index in [2.05, 4.69) is 4.18 Å². The predicted molar refractivity (Wildman–Crippen MR) is 85.2 cm³/mol. The molecule has 1 aliphatic heterocycles. The third kappa shape index (κ3) is 3.76. The molecule has 0 aromatic heterocycles. The molecule has 1 aliphatic carbocycles. The van der Waals surface area contributed by atoms with E-state index in [1.807, 2.05) is 0 Å². The summed E-state index contributed by atoms with van der Waals surface area (Å²) in [6.45, 7) is -1.80. The van der Waals surface area contributed by atoms with Gasteiger partial charge < -0.3 is 9.08 Å². The van der Waals surface area contributed by atoms with Crippen LogP contribution in [0.15, 0.2) is 12.1 Å². The summed E-state index contributed by atoms with van der Waals surface area (Å²) in [6.07, 6.45) is -3.14. The van der Waals surface area contributed by atoms with E-state index in [-0.39, 0.29) is 23.3 Å². The summed E-state index contributed by atoms with van der Waals surface area (Å²) in [5.41, 5.74) is -8.40. The van der Waals surface area contributed by atoms with E-state index in [1.54, 1.807) is 0 Å². The Bertz CT molecular complexity index is 934. The Labute approximate surface area is 160 Å². The number of amides is 1. The number of carbonyl (C=O) groups excluding carboxylic acids is 1. The van der Waals surface area contributed by atoms with Crippen molar-refractivity contribution in [1.82, 2.24) is 0 Å². The number of hydrogen-bond donors (Lipinski definition) is 0. The first kappa shape index (κ1) is 21.7. The molecule has 1 heterocycles. The van der Waals surface area contributed by atoms with Gasteiger partial charge in [-0.05, 0) is 12.8 Å². The van der Waals surface area contributed by atoms with Gasteiger partial charge in [0, 0.05) is 17.7 Å². The number of hydrogen-bond acceptors (Lipinski definition) is 4. The summed E-state index contributed by atoms with van der Waals surface area (Å²) in [4.78, 5) is 13.1. The molecule has 0 bridgehead atoms. The van der Waals surface area contributed by atoms with Crippen LogP contribution < -0.4 is 9.08 Å². The summed E-state index contributed by atoms with van der Waals surface area (Å²) < 4.78 is 118. The second-order valence-corrected chi connectivity index (χ2v) is 8.47. The Kier molecular flexibility index (Phi) is 5.03. The lowest BCUT2D eigenvalue weighted by atomic mass is 9.70. The Balaban J connectivity index is 2.14. The van der Waals surface area contributed by atoms with Gasteiger partial charge in [-0.25, -0.2) is 4.39 Å². The van der Waals surface area contributed by atoms with E-state index >= 15 is 0 Å². The molecule has 0 saturated heterocycles. The largest absolute Gasteiger partial charge is 0.534 e. The topological polar surface area (TPSA) is 63.7 Å². The minimum atomic E-state index is -6.18. The highest BCUT2D eigenvalue weighted by Gasteiger charge is 2.55. The zero-order valence-electron chi connectivity index (χ0n) is 14.5. The molecule has 1 aromatic carbocycles. The normalized spacial score (nSPS) is 19.6. The summed E-state index contributed by atoms with van der Waals surface area (Å²) >= 11 is 0. The van der Waals surface area contributed by atoms with E-state index in [1.165, 1.54) is 0 Å². The van der Waals surface area contributed by atoms with Crippen molar-refractivity contribution in [3.63, 3.8) is 0 Å². The van der Waals surface area contributed by atoms with Crippen LogP contribution in [0.4, 0.5) is 36.4 Å². The molecule has 3 rings (SSSR count). The van der Waals surface area contributed by atoms with E-state index in [0.29, 0.717) is 31.4 Å². The quantitative estimate of drug-likeness (QED) is 0.395. The van der Waals surface area contributed by atoms with Crippen molar-refractivity contribution in [3.05, 3.63) is 23.5 Å². The number of benzene rings is 1. The molecule has 1 fully saturated rings. The summed E-state index contributed by atoms with van der Waals surface area (Å²) in [7, 11) is -6.18. The number of nitrogens with zero attached hydrogens (tertiary/aromatic N) is 1. The van der Waals surface area contributed by atoms with Gasteiger partial charge in [-0.1, -0.05) is 19.3 Å². The van der Waals surface area contributed by atoms with Gasteiger partial charge in [0.1, 0.15) is 18.1 Å². The van der Waals surface area contributed by atoms with Gasteiger partial charge in [0.2, 0.25) is 5.91 Å². The van der Waals surface area contributed by atoms with Crippen LogP contribution in [0.5, 0.6) is 5.75 Å². The molecule has 1 spiro atoms. The molecular weight excluding hydrogens is 435 g/mol. The maximum Gasteiger partial charge on any atom is 0.534 e. The number of halogens is 7. The van der Waals surface area contributed by atoms with E-state index < -0.39 is 56.9 Å². The van der Waals surface area contributed by atoms with Crippen molar-refractivity contribution < 1.29 is 48.1 Å². The molecule has 1 saturated carbocycles. The van der Waals surface area contributed by atoms with E-state index in [0.717, 1.165) is 0 Å². The second-order valence-electron chi connectivity index (χ2n) is 6.93. The van der Waals surface area contributed by atoms with Crippen molar-refractivity contribution in [2.75, 3.05) is 11.4 Å². The molecule has 13 heteroatoms. The number of carbonyl (C=O) groups is 1. The minimum absolute atomic E-state index is 0.0746. The highest BCUT2D eigenvalue weighted by Crippen LogP contribution is 2.52. The fourth-order valence-electron chi connectivity index (χ4n) is 3.91. The molecule has 1 aromatic rings. The molecule has 162 valence electrons. The average Bonchev–Trinajstić information content (AvgIpc) is 2.76. The Morgan fingerprint density at radius 1 is 1.03 bits per heavy atom. The number of alkyl halides is 6. The first-order chi connectivity index (χ1) is 13.2. The zero-order chi connectivity index (χ0) is 21.8. The number of rotatable bonds is 3. The predicted octanol–water partition coefficient (Wildman–Crippen LogP) is 4.16. The summed E-state index contributed by atoms with van der Waals surface area (Å²) in [5.74, 6) is -3.49. The minimum Gasteiger partial charge on any atom is -0.376 e.